The summed E-state index contributed by atoms with van der Waals surface area (Å²) in [6, 6.07) is 11.4. The Bertz CT molecular complexity index is 1060. The topological polar surface area (TPSA) is 91.0 Å². The number of aromatic nitrogens is 3. The Kier molecular flexibility index (Phi) is 5.61. The molecule has 0 spiro atoms. The van der Waals surface area contributed by atoms with Crippen molar-refractivity contribution in [1.29, 1.82) is 0 Å². The largest absolute Gasteiger partial charge is 0.337 e. The molecule has 30 heavy (non-hydrogen) atoms. The number of benzene rings is 1. The lowest BCUT2D eigenvalue weighted by molar-refractivity contribution is -0.121. The third kappa shape index (κ3) is 4.25. The first-order valence-corrected chi connectivity index (χ1v) is 10.1. The molecular formula is C23H25N5O2. The molecule has 0 aliphatic carbocycles. The third-order valence-electron chi connectivity index (χ3n) is 5.50. The number of H-pyrrole nitrogens is 1. The number of nitrogens with one attached hydrogen (secondary N) is 2. The minimum absolute atomic E-state index is 0.0402. The van der Waals surface area contributed by atoms with Crippen LogP contribution in [-0.4, -0.2) is 45.0 Å². The fourth-order valence-electron chi connectivity index (χ4n) is 3.84. The summed E-state index contributed by atoms with van der Waals surface area (Å²) in [4.78, 5) is 31.5. The first-order valence-electron chi connectivity index (χ1n) is 10.1. The summed E-state index contributed by atoms with van der Waals surface area (Å²) in [5.74, 6) is -0.403. The Balaban J connectivity index is 1.43. The average Bonchev–Trinajstić information content (AvgIpc) is 3.26. The standard InChI is InChI=1S/C23H25N5O2/c1-15-5-6-19(16(2)12-15)25-22(29)18-4-3-11-28(14-18)23(30)21-13-20(26-27-21)17-7-9-24-10-8-17/h5-10,12-13,18H,3-4,11,14H2,1-2H3,(H,25,29)(H,26,27)/t18-/m0/s1. The number of amides is 2. The molecule has 1 aromatic carbocycles. The molecule has 0 bridgehead atoms. The highest BCUT2D eigenvalue weighted by Crippen LogP contribution is 2.23. The highest BCUT2D eigenvalue weighted by Gasteiger charge is 2.30. The number of anilines is 1. The molecule has 0 saturated carbocycles. The SMILES string of the molecule is Cc1ccc(NC(=O)[C@H]2CCCN(C(=O)c3cc(-c4ccncc4)n[nH]3)C2)c(C)c1. The van der Waals surface area contributed by atoms with Gasteiger partial charge in [-0.15, -0.1) is 0 Å². The van der Waals surface area contributed by atoms with E-state index >= 15 is 0 Å². The van der Waals surface area contributed by atoms with E-state index in [1.165, 1.54) is 0 Å². The number of piperidine rings is 1. The van der Waals surface area contributed by atoms with Crippen LogP contribution in [0.25, 0.3) is 11.3 Å². The van der Waals surface area contributed by atoms with E-state index in [1.54, 1.807) is 23.4 Å². The molecule has 154 valence electrons. The van der Waals surface area contributed by atoms with Crippen molar-refractivity contribution in [3.63, 3.8) is 0 Å². The summed E-state index contributed by atoms with van der Waals surface area (Å²) in [6.07, 6.45) is 4.94. The van der Waals surface area contributed by atoms with Gasteiger partial charge in [0, 0.05) is 36.7 Å². The number of rotatable bonds is 4. The number of aromatic amines is 1. The van der Waals surface area contributed by atoms with Crippen LogP contribution in [0, 0.1) is 19.8 Å². The summed E-state index contributed by atoms with van der Waals surface area (Å²) in [6.45, 7) is 5.05. The Morgan fingerprint density at radius 1 is 1.13 bits per heavy atom. The van der Waals surface area contributed by atoms with Crippen molar-refractivity contribution in [2.24, 2.45) is 5.92 Å². The Morgan fingerprint density at radius 3 is 2.70 bits per heavy atom. The second-order valence-electron chi connectivity index (χ2n) is 7.80. The van der Waals surface area contributed by atoms with E-state index in [4.69, 9.17) is 0 Å². The molecule has 1 fully saturated rings. The van der Waals surface area contributed by atoms with Gasteiger partial charge >= 0.3 is 0 Å². The number of aryl methyl sites for hydroxylation is 2. The molecule has 7 heteroatoms. The number of nitrogens with zero attached hydrogens (tertiary/aromatic N) is 3. The van der Waals surface area contributed by atoms with E-state index in [0.717, 1.165) is 35.2 Å². The van der Waals surface area contributed by atoms with Crippen LogP contribution in [0.2, 0.25) is 0 Å². The van der Waals surface area contributed by atoms with E-state index in [1.807, 2.05) is 44.2 Å². The molecule has 0 radical (unpaired) electrons. The van der Waals surface area contributed by atoms with Crippen LogP contribution < -0.4 is 5.32 Å². The minimum Gasteiger partial charge on any atom is -0.337 e. The van der Waals surface area contributed by atoms with Crippen LogP contribution in [0.4, 0.5) is 5.69 Å². The van der Waals surface area contributed by atoms with Crippen molar-refractivity contribution in [1.82, 2.24) is 20.1 Å². The van der Waals surface area contributed by atoms with E-state index < -0.39 is 0 Å². The highest BCUT2D eigenvalue weighted by atomic mass is 16.2. The number of hydrogen-bond acceptors (Lipinski definition) is 4. The van der Waals surface area contributed by atoms with Gasteiger partial charge in [0.1, 0.15) is 5.69 Å². The highest BCUT2D eigenvalue weighted by molar-refractivity contribution is 5.96. The number of carbonyl (C=O) groups is 2. The average molecular weight is 403 g/mol. The van der Waals surface area contributed by atoms with Gasteiger partial charge in [-0.05, 0) is 56.5 Å². The zero-order valence-electron chi connectivity index (χ0n) is 17.2. The van der Waals surface area contributed by atoms with Crippen molar-refractivity contribution in [3.05, 3.63) is 65.6 Å². The zero-order chi connectivity index (χ0) is 21.1. The van der Waals surface area contributed by atoms with E-state index in [-0.39, 0.29) is 17.7 Å². The predicted molar refractivity (Wildman–Crippen MR) is 115 cm³/mol. The molecular weight excluding hydrogens is 378 g/mol. The quantitative estimate of drug-likeness (QED) is 0.697. The van der Waals surface area contributed by atoms with Crippen LogP contribution in [-0.2, 0) is 4.79 Å². The predicted octanol–water partition coefficient (Wildman–Crippen LogP) is 3.58. The maximum Gasteiger partial charge on any atom is 0.271 e. The van der Waals surface area contributed by atoms with Gasteiger partial charge in [-0.2, -0.15) is 5.10 Å². The molecule has 1 atom stereocenters. The number of hydrogen-bond donors (Lipinski definition) is 2. The lowest BCUT2D eigenvalue weighted by atomic mass is 9.96. The van der Waals surface area contributed by atoms with Crippen LogP contribution in [0.15, 0.2) is 48.8 Å². The Hall–Kier alpha value is -3.48. The van der Waals surface area contributed by atoms with Gasteiger partial charge in [0.05, 0.1) is 11.6 Å². The zero-order valence-corrected chi connectivity index (χ0v) is 17.2. The summed E-state index contributed by atoms with van der Waals surface area (Å²) in [7, 11) is 0. The van der Waals surface area contributed by atoms with Crippen molar-refractivity contribution < 1.29 is 9.59 Å². The Morgan fingerprint density at radius 2 is 1.93 bits per heavy atom. The lowest BCUT2D eigenvalue weighted by Crippen LogP contribution is -2.44. The second kappa shape index (κ2) is 8.49. The molecule has 1 aliphatic rings. The van der Waals surface area contributed by atoms with E-state index in [2.05, 4.69) is 20.5 Å². The Labute approximate surface area is 175 Å². The van der Waals surface area contributed by atoms with Crippen LogP contribution >= 0.6 is 0 Å². The van der Waals surface area contributed by atoms with Gasteiger partial charge in [0.25, 0.3) is 5.91 Å². The number of carbonyl (C=O) groups excluding carboxylic acids is 2. The molecule has 1 saturated heterocycles. The molecule has 7 nitrogen and oxygen atoms in total. The summed E-state index contributed by atoms with van der Waals surface area (Å²) < 4.78 is 0. The van der Waals surface area contributed by atoms with Gasteiger partial charge in [-0.1, -0.05) is 17.7 Å². The molecule has 4 rings (SSSR count). The number of pyridine rings is 1. The molecule has 3 aromatic rings. The lowest BCUT2D eigenvalue weighted by Gasteiger charge is -2.31. The van der Waals surface area contributed by atoms with Gasteiger partial charge < -0.3 is 10.2 Å². The molecule has 3 heterocycles. The third-order valence-corrected chi connectivity index (χ3v) is 5.50. The smallest absolute Gasteiger partial charge is 0.271 e. The van der Waals surface area contributed by atoms with Crippen molar-refractivity contribution in [3.8, 4) is 11.3 Å². The molecule has 0 unspecified atom stereocenters. The van der Waals surface area contributed by atoms with Crippen LogP contribution in [0.5, 0.6) is 0 Å². The first kappa shape index (κ1) is 19.8. The van der Waals surface area contributed by atoms with Crippen molar-refractivity contribution in [2.75, 3.05) is 18.4 Å². The molecule has 2 N–H and O–H groups in total. The second-order valence-corrected chi connectivity index (χ2v) is 7.80. The van der Waals surface area contributed by atoms with E-state index in [9.17, 15) is 9.59 Å². The summed E-state index contributed by atoms with van der Waals surface area (Å²) >= 11 is 0. The maximum atomic E-state index is 13.0. The molecule has 2 amide bonds. The van der Waals surface area contributed by atoms with Crippen LogP contribution in [0.1, 0.15) is 34.5 Å². The fraction of sp³-hybridized carbons (Fsp3) is 0.304. The molecule has 1 aliphatic heterocycles. The summed E-state index contributed by atoms with van der Waals surface area (Å²) in [5, 5.41) is 10.1. The van der Waals surface area contributed by atoms with E-state index in [0.29, 0.717) is 24.5 Å². The number of likely N-dealkylation sites (tertiary alicyclic amines) is 1. The molecule has 2 aromatic heterocycles. The first-order chi connectivity index (χ1) is 14.5. The monoisotopic (exact) mass is 403 g/mol. The van der Waals surface area contributed by atoms with Gasteiger partial charge in [-0.25, -0.2) is 0 Å². The van der Waals surface area contributed by atoms with Crippen LogP contribution in [0.3, 0.4) is 0 Å². The van der Waals surface area contributed by atoms with Crippen molar-refractivity contribution in [2.45, 2.75) is 26.7 Å². The fourth-order valence-corrected chi connectivity index (χ4v) is 3.84. The minimum atomic E-state index is -0.231. The maximum absolute atomic E-state index is 13.0. The van der Waals surface area contributed by atoms with Gasteiger partial charge in [0.15, 0.2) is 0 Å². The summed E-state index contributed by atoms with van der Waals surface area (Å²) in [5.41, 5.74) is 5.03. The van der Waals surface area contributed by atoms with Gasteiger partial charge in [0.2, 0.25) is 5.91 Å². The van der Waals surface area contributed by atoms with Crippen molar-refractivity contribution >= 4 is 17.5 Å². The van der Waals surface area contributed by atoms with Gasteiger partial charge in [-0.3, -0.25) is 19.7 Å². The normalized spacial score (nSPS) is 16.3.